The van der Waals surface area contributed by atoms with Crippen LogP contribution in [0.3, 0.4) is 0 Å². The fourth-order valence-electron chi connectivity index (χ4n) is 3.96. The summed E-state index contributed by atoms with van der Waals surface area (Å²) in [5, 5.41) is 12.3. The van der Waals surface area contributed by atoms with E-state index < -0.39 is 5.60 Å². The van der Waals surface area contributed by atoms with Crippen LogP contribution in [-0.2, 0) is 4.79 Å². The number of piperazine rings is 1. The molecule has 5 rings (SSSR count). The summed E-state index contributed by atoms with van der Waals surface area (Å²) in [5.74, 6) is -0.277. The van der Waals surface area contributed by atoms with Crippen LogP contribution in [0.5, 0.6) is 0 Å². The average molecular weight is 401 g/mol. The lowest BCUT2D eigenvalue weighted by Gasteiger charge is -2.35. The Kier molecular flexibility index (Phi) is 4.51. The fourth-order valence-corrected chi connectivity index (χ4v) is 3.96. The largest absolute Gasteiger partial charge is 0.380 e. The highest BCUT2D eigenvalue weighted by Gasteiger charge is 2.50. The quantitative estimate of drug-likeness (QED) is 0.732. The number of rotatable bonds is 3. The summed E-state index contributed by atoms with van der Waals surface area (Å²) in [6.07, 6.45) is 2.71. The zero-order valence-electron chi connectivity index (χ0n) is 16.6. The van der Waals surface area contributed by atoms with Crippen LogP contribution in [0.15, 0.2) is 60.8 Å². The third-order valence-corrected chi connectivity index (χ3v) is 6.03. The predicted molar refractivity (Wildman–Crippen MR) is 114 cm³/mol. The van der Waals surface area contributed by atoms with Crippen LogP contribution < -0.4 is 0 Å². The highest BCUT2D eigenvalue weighted by Crippen LogP contribution is 2.37. The third kappa shape index (κ3) is 3.44. The number of carbonyl (C=O) groups is 2. The normalized spacial score (nSPS) is 17.8. The van der Waals surface area contributed by atoms with Gasteiger partial charge in [0.05, 0.1) is 11.3 Å². The molecule has 0 atom stereocenters. The van der Waals surface area contributed by atoms with Gasteiger partial charge in [0.25, 0.3) is 11.8 Å². The molecule has 2 fully saturated rings. The Morgan fingerprint density at radius 1 is 0.867 bits per heavy atom. The number of carbonyl (C=O) groups excluding carboxylic acids is 2. The first kappa shape index (κ1) is 18.8. The lowest BCUT2D eigenvalue weighted by molar-refractivity contribution is -0.143. The summed E-state index contributed by atoms with van der Waals surface area (Å²) < 4.78 is 0. The smallest absolute Gasteiger partial charge is 0.255 e. The zero-order chi connectivity index (χ0) is 20.7. The van der Waals surface area contributed by atoms with E-state index in [1.807, 2.05) is 30.3 Å². The van der Waals surface area contributed by atoms with E-state index in [1.54, 1.807) is 16.0 Å². The molecule has 2 aromatic carbocycles. The van der Waals surface area contributed by atoms with Gasteiger partial charge in [0.2, 0.25) is 0 Å². The molecule has 6 nitrogen and oxygen atoms in total. The lowest BCUT2D eigenvalue weighted by atomic mass is 10.0. The van der Waals surface area contributed by atoms with Crippen LogP contribution in [0.1, 0.15) is 23.2 Å². The SMILES string of the molecule is O=C(c1ccc(-c2ccc3ccccc3c2)nc1)N1CCN(C(=O)C2(O)CC2)CC1. The molecule has 1 aromatic heterocycles. The van der Waals surface area contributed by atoms with Crippen molar-refractivity contribution in [2.45, 2.75) is 18.4 Å². The van der Waals surface area contributed by atoms with Crippen molar-refractivity contribution in [2.24, 2.45) is 0 Å². The van der Waals surface area contributed by atoms with Gasteiger partial charge >= 0.3 is 0 Å². The van der Waals surface area contributed by atoms with E-state index >= 15 is 0 Å². The minimum Gasteiger partial charge on any atom is -0.380 e. The van der Waals surface area contributed by atoms with Crippen molar-refractivity contribution in [1.29, 1.82) is 0 Å². The molecule has 3 aromatic rings. The number of aliphatic hydroxyl groups is 1. The second kappa shape index (κ2) is 7.22. The molecule has 0 bridgehead atoms. The Hall–Kier alpha value is -3.25. The third-order valence-electron chi connectivity index (χ3n) is 6.03. The van der Waals surface area contributed by atoms with Crippen LogP contribution in [0.4, 0.5) is 0 Å². The fraction of sp³-hybridized carbons (Fsp3) is 0.292. The molecule has 1 aliphatic heterocycles. The second-order valence-corrected chi connectivity index (χ2v) is 8.11. The number of hydrogen-bond donors (Lipinski definition) is 1. The van der Waals surface area contributed by atoms with E-state index in [0.29, 0.717) is 44.6 Å². The second-order valence-electron chi connectivity index (χ2n) is 8.11. The molecule has 30 heavy (non-hydrogen) atoms. The van der Waals surface area contributed by atoms with Gasteiger partial charge in [0.1, 0.15) is 5.60 Å². The van der Waals surface area contributed by atoms with Gasteiger partial charge in [0.15, 0.2) is 0 Å². The summed E-state index contributed by atoms with van der Waals surface area (Å²) >= 11 is 0. The summed E-state index contributed by atoms with van der Waals surface area (Å²) in [6, 6.07) is 18.1. The van der Waals surface area contributed by atoms with Crippen LogP contribution >= 0.6 is 0 Å². The van der Waals surface area contributed by atoms with Gasteiger partial charge in [0, 0.05) is 37.9 Å². The molecule has 2 amide bonds. The van der Waals surface area contributed by atoms with E-state index in [2.05, 4.69) is 29.2 Å². The van der Waals surface area contributed by atoms with Crippen molar-refractivity contribution in [3.05, 3.63) is 66.4 Å². The lowest BCUT2D eigenvalue weighted by Crippen LogP contribution is -2.53. The summed E-state index contributed by atoms with van der Waals surface area (Å²) in [6.45, 7) is 1.84. The number of aromatic nitrogens is 1. The van der Waals surface area contributed by atoms with Crippen LogP contribution in [-0.4, -0.2) is 63.5 Å². The zero-order valence-corrected chi connectivity index (χ0v) is 16.6. The highest BCUT2D eigenvalue weighted by atomic mass is 16.3. The first-order chi connectivity index (χ1) is 14.5. The van der Waals surface area contributed by atoms with Gasteiger partial charge in [-0.2, -0.15) is 0 Å². The molecule has 1 aliphatic carbocycles. The predicted octanol–water partition coefficient (Wildman–Crippen LogP) is 2.71. The maximum Gasteiger partial charge on any atom is 0.255 e. The minimum atomic E-state index is -1.14. The van der Waals surface area contributed by atoms with Crippen molar-refractivity contribution in [3.63, 3.8) is 0 Å². The molecule has 2 aliphatic rings. The topological polar surface area (TPSA) is 73.7 Å². The summed E-state index contributed by atoms with van der Waals surface area (Å²) in [4.78, 5) is 33.0. The number of pyridine rings is 1. The molecule has 1 saturated carbocycles. The molecule has 2 heterocycles. The monoisotopic (exact) mass is 401 g/mol. The molecule has 6 heteroatoms. The molecule has 0 radical (unpaired) electrons. The average Bonchev–Trinajstić information content (AvgIpc) is 3.56. The van der Waals surface area contributed by atoms with Gasteiger partial charge in [-0.3, -0.25) is 14.6 Å². The first-order valence-corrected chi connectivity index (χ1v) is 10.3. The van der Waals surface area contributed by atoms with Crippen LogP contribution in [0.25, 0.3) is 22.0 Å². The van der Waals surface area contributed by atoms with E-state index in [0.717, 1.165) is 16.6 Å². The van der Waals surface area contributed by atoms with Crippen LogP contribution in [0, 0.1) is 0 Å². The molecular formula is C24H23N3O3. The van der Waals surface area contributed by atoms with E-state index in [9.17, 15) is 14.7 Å². The van der Waals surface area contributed by atoms with Gasteiger partial charge in [-0.25, -0.2) is 0 Å². The molecule has 0 unspecified atom stereocenters. The molecule has 0 spiro atoms. The van der Waals surface area contributed by atoms with Gasteiger partial charge < -0.3 is 14.9 Å². The van der Waals surface area contributed by atoms with Gasteiger partial charge in [-0.05, 0) is 41.8 Å². The maximum absolute atomic E-state index is 12.8. The summed E-state index contributed by atoms with van der Waals surface area (Å²) in [7, 11) is 0. The standard InChI is InChI=1S/C24H23N3O3/c28-22(26-11-13-27(14-12-26)23(29)24(30)9-10-24)20-7-8-21(25-16-20)19-6-5-17-3-1-2-4-18(17)15-19/h1-8,15-16,30H,9-14H2. The van der Waals surface area contributed by atoms with Crippen molar-refractivity contribution in [2.75, 3.05) is 26.2 Å². The van der Waals surface area contributed by atoms with Crippen molar-refractivity contribution >= 4 is 22.6 Å². The van der Waals surface area contributed by atoms with E-state index in [1.165, 1.54) is 5.39 Å². The Morgan fingerprint density at radius 3 is 2.23 bits per heavy atom. The molecule has 1 N–H and O–H groups in total. The number of hydrogen-bond acceptors (Lipinski definition) is 4. The minimum absolute atomic E-state index is 0.0789. The van der Waals surface area contributed by atoms with Crippen molar-refractivity contribution in [1.82, 2.24) is 14.8 Å². The maximum atomic E-state index is 12.8. The van der Waals surface area contributed by atoms with E-state index in [4.69, 9.17) is 0 Å². The number of amides is 2. The Bertz CT molecular complexity index is 1110. The Balaban J connectivity index is 1.26. The molecule has 1 saturated heterocycles. The Morgan fingerprint density at radius 2 is 1.57 bits per heavy atom. The van der Waals surface area contributed by atoms with Gasteiger partial charge in [-0.15, -0.1) is 0 Å². The number of nitrogens with zero attached hydrogens (tertiary/aromatic N) is 3. The highest BCUT2D eigenvalue weighted by molar-refractivity contribution is 5.95. The summed E-state index contributed by atoms with van der Waals surface area (Å²) in [5.41, 5.74) is 1.23. The first-order valence-electron chi connectivity index (χ1n) is 10.3. The van der Waals surface area contributed by atoms with Gasteiger partial charge in [-0.1, -0.05) is 36.4 Å². The van der Waals surface area contributed by atoms with Crippen molar-refractivity contribution in [3.8, 4) is 11.3 Å². The number of fused-ring (bicyclic) bond motifs is 1. The molecule has 152 valence electrons. The molecular weight excluding hydrogens is 378 g/mol. The van der Waals surface area contributed by atoms with Crippen molar-refractivity contribution < 1.29 is 14.7 Å². The van der Waals surface area contributed by atoms with Crippen LogP contribution in [0.2, 0.25) is 0 Å². The van der Waals surface area contributed by atoms with E-state index in [-0.39, 0.29) is 11.8 Å². The number of benzene rings is 2. The Labute approximate surface area is 174 Å².